The lowest BCUT2D eigenvalue weighted by Crippen LogP contribution is -2.32. The molecule has 0 aliphatic heterocycles. The summed E-state index contributed by atoms with van der Waals surface area (Å²) < 4.78 is 54.7. The van der Waals surface area contributed by atoms with Crippen molar-refractivity contribution >= 4 is 43.0 Å². The lowest BCUT2D eigenvalue weighted by atomic mass is 10.2. The highest BCUT2D eigenvalue weighted by molar-refractivity contribution is 7.92. The van der Waals surface area contributed by atoms with Gasteiger partial charge in [0.05, 0.1) is 23.9 Å². The quantitative estimate of drug-likeness (QED) is 0.603. The molecule has 1 N–H and O–H groups in total. The highest BCUT2D eigenvalue weighted by Crippen LogP contribution is 2.23. The number of benzene rings is 2. The van der Waals surface area contributed by atoms with Gasteiger partial charge in [-0.25, -0.2) is 16.8 Å². The van der Waals surface area contributed by atoms with E-state index in [1.807, 2.05) is 0 Å². The van der Waals surface area contributed by atoms with Crippen LogP contribution in [0.25, 0.3) is 0 Å². The molecule has 0 bridgehead atoms. The van der Waals surface area contributed by atoms with Crippen molar-refractivity contribution in [3.8, 4) is 5.75 Å². The summed E-state index contributed by atoms with van der Waals surface area (Å²) >= 11 is 0. The Balaban J connectivity index is 2.11. The van der Waals surface area contributed by atoms with Gasteiger partial charge in [-0.1, -0.05) is 13.0 Å². The molecule has 0 aliphatic rings. The molecule has 1 amide bonds. The molecule has 0 saturated carbocycles. The fourth-order valence-electron chi connectivity index (χ4n) is 2.61. The van der Waals surface area contributed by atoms with Crippen molar-refractivity contribution in [3.63, 3.8) is 0 Å². The molecule has 1 atom stereocenters. The molecule has 1 unspecified atom stereocenters. The molecule has 0 aliphatic carbocycles. The van der Waals surface area contributed by atoms with Crippen LogP contribution in [-0.4, -0.2) is 55.5 Å². The highest BCUT2D eigenvalue weighted by atomic mass is 32.2. The predicted octanol–water partition coefficient (Wildman–Crippen LogP) is 2.27. The minimum absolute atomic E-state index is 0.389. The van der Waals surface area contributed by atoms with Gasteiger partial charge in [0, 0.05) is 19.8 Å². The van der Waals surface area contributed by atoms with Crippen LogP contribution in [0.4, 0.5) is 17.1 Å². The molecule has 0 radical (unpaired) electrons. The van der Waals surface area contributed by atoms with Crippen molar-refractivity contribution in [2.45, 2.75) is 19.4 Å². The first-order chi connectivity index (χ1) is 14.3. The number of nitrogens with one attached hydrogen (secondary N) is 1. The monoisotopic (exact) mass is 469 g/mol. The van der Waals surface area contributed by atoms with Crippen molar-refractivity contribution in [3.05, 3.63) is 48.5 Å². The van der Waals surface area contributed by atoms with E-state index in [4.69, 9.17) is 4.74 Å². The van der Waals surface area contributed by atoms with E-state index in [0.29, 0.717) is 29.2 Å². The molecule has 0 fully saturated rings. The number of nitrogens with zero attached hydrogens (tertiary/aromatic N) is 2. The van der Waals surface area contributed by atoms with E-state index in [0.717, 1.165) is 21.1 Å². The molecule has 31 heavy (non-hydrogen) atoms. The van der Waals surface area contributed by atoms with Crippen LogP contribution < -0.4 is 18.7 Å². The largest absolute Gasteiger partial charge is 0.481 e. The molecule has 0 spiro atoms. The van der Waals surface area contributed by atoms with E-state index in [2.05, 4.69) is 5.32 Å². The van der Waals surface area contributed by atoms with Crippen molar-refractivity contribution in [1.29, 1.82) is 0 Å². The fraction of sp³-hybridized carbons (Fsp3) is 0.350. The number of ether oxygens (including phenoxy) is 1. The van der Waals surface area contributed by atoms with Gasteiger partial charge in [0.1, 0.15) is 5.75 Å². The van der Waals surface area contributed by atoms with Crippen LogP contribution in [0, 0.1) is 0 Å². The zero-order valence-electron chi connectivity index (χ0n) is 18.1. The average Bonchev–Trinajstić information content (AvgIpc) is 2.70. The molecule has 2 aromatic rings. The van der Waals surface area contributed by atoms with Gasteiger partial charge in [-0.2, -0.15) is 0 Å². The minimum Gasteiger partial charge on any atom is -0.481 e. The second kappa shape index (κ2) is 9.56. The number of hydrogen-bond donors (Lipinski definition) is 1. The van der Waals surface area contributed by atoms with Gasteiger partial charge in [0.2, 0.25) is 20.0 Å². The summed E-state index contributed by atoms with van der Waals surface area (Å²) in [7, 11) is -3.93. The van der Waals surface area contributed by atoms with E-state index < -0.39 is 26.2 Å². The van der Waals surface area contributed by atoms with Crippen LogP contribution in [0.2, 0.25) is 0 Å². The molecular weight excluding hydrogens is 442 g/mol. The number of amides is 1. The van der Waals surface area contributed by atoms with Crippen LogP contribution in [-0.2, 0) is 24.8 Å². The second-order valence-electron chi connectivity index (χ2n) is 7.01. The summed E-state index contributed by atoms with van der Waals surface area (Å²) in [5.74, 6) is 0.0252. The maximum absolute atomic E-state index is 12.7. The molecule has 0 heterocycles. The van der Waals surface area contributed by atoms with Crippen molar-refractivity contribution in [2.24, 2.45) is 0 Å². The molecular formula is C20H27N3O6S2. The first kappa shape index (κ1) is 24.5. The molecule has 2 rings (SSSR count). The summed E-state index contributed by atoms with van der Waals surface area (Å²) in [6.45, 7) is 1.80. The van der Waals surface area contributed by atoms with E-state index in [9.17, 15) is 21.6 Å². The molecule has 11 heteroatoms. The third-order valence-electron chi connectivity index (χ3n) is 4.61. The second-order valence-corrected chi connectivity index (χ2v) is 11.0. The Morgan fingerprint density at radius 2 is 1.48 bits per heavy atom. The van der Waals surface area contributed by atoms with E-state index >= 15 is 0 Å². The molecule has 0 saturated heterocycles. The summed E-state index contributed by atoms with van der Waals surface area (Å²) in [5, 5.41) is 2.74. The van der Waals surface area contributed by atoms with E-state index in [1.54, 1.807) is 55.5 Å². The summed E-state index contributed by atoms with van der Waals surface area (Å²) in [6.07, 6.45) is 1.80. The summed E-state index contributed by atoms with van der Waals surface area (Å²) in [4.78, 5) is 12.7. The normalized spacial score (nSPS) is 12.7. The Labute approximate surface area is 183 Å². The molecule has 170 valence electrons. The molecule has 9 nitrogen and oxygen atoms in total. The Bertz CT molecular complexity index is 1130. The SMILES string of the molecule is CCC(Oc1ccc(N(C)S(C)(=O)=O)cc1)C(=O)Nc1cccc(N(C)S(C)(=O)=O)c1. The number of hydrogen-bond acceptors (Lipinski definition) is 6. The predicted molar refractivity (Wildman–Crippen MR) is 123 cm³/mol. The average molecular weight is 470 g/mol. The topological polar surface area (TPSA) is 113 Å². The zero-order chi connectivity index (χ0) is 23.4. The number of carbonyl (C=O) groups is 1. The third-order valence-corrected chi connectivity index (χ3v) is 7.03. The summed E-state index contributed by atoms with van der Waals surface area (Å²) in [6, 6.07) is 12.8. The zero-order valence-corrected chi connectivity index (χ0v) is 19.7. The van der Waals surface area contributed by atoms with Gasteiger partial charge < -0.3 is 10.1 Å². The van der Waals surface area contributed by atoms with Gasteiger partial charge >= 0.3 is 0 Å². The maximum atomic E-state index is 12.7. The fourth-order valence-corrected chi connectivity index (χ4v) is 3.61. The van der Waals surface area contributed by atoms with Crippen molar-refractivity contribution in [2.75, 3.05) is 40.5 Å². The van der Waals surface area contributed by atoms with Gasteiger partial charge in [0.25, 0.3) is 5.91 Å². The lowest BCUT2D eigenvalue weighted by Gasteiger charge is -2.20. The van der Waals surface area contributed by atoms with Gasteiger partial charge in [-0.05, 0) is 48.9 Å². The van der Waals surface area contributed by atoms with Crippen molar-refractivity contribution < 1.29 is 26.4 Å². The van der Waals surface area contributed by atoms with E-state index in [-0.39, 0.29) is 5.91 Å². The lowest BCUT2D eigenvalue weighted by molar-refractivity contribution is -0.122. The van der Waals surface area contributed by atoms with Crippen LogP contribution in [0.1, 0.15) is 13.3 Å². The molecule has 2 aromatic carbocycles. The standard InChI is InChI=1S/C20H27N3O6S2/c1-6-19(29-18-12-10-16(11-13-18)22(2)30(4,25)26)20(24)21-15-8-7-9-17(14-15)23(3)31(5,27)28/h7-14,19H,6H2,1-5H3,(H,21,24). The van der Waals surface area contributed by atoms with Crippen LogP contribution >= 0.6 is 0 Å². The Kier molecular flexibility index (Phi) is 7.55. The Morgan fingerprint density at radius 1 is 0.935 bits per heavy atom. The number of sulfonamides is 2. The molecule has 0 aromatic heterocycles. The number of anilines is 3. The van der Waals surface area contributed by atoms with Gasteiger partial charge in [-0.15, -0.1) is 0 Å². The summed E-state index contributed by atoms with van der Waals surface area (Å²) in [5.41, 5.74) is 1.32. The smallest absolute Gasteiger partial charge is 0.265 e. The van der Waals surface area contributed by atoms with Crippen LogP contribution in [0.3, 0.4) is 0 Å². The van der Waals surface area contributed by atoms with Crippen molar-refractivity contribution in [1.82, 2.24) is 0 Å². The van der Waals surface area contributed by atoms with E-state index in [1.165, 1.54) is 14.1 Å². The first-order valence-corrected chi connectivity index (χ1v) is 13.1. The van der Waals surface area contributed by atoms with Gasteiger partial charge in [0.15, 0.2) is 6.10 Å². The number of rotatable bonds is 9. The van der Waals surface area contributed by atoms with Crippen LogP contribution in [0.15, 0.2) is 48.5 Å². The highest BCUT2D eigenvalue weighted by Gasteiger charge is 2.20. The Hall–Kier alpha value is -2.79. The first-order valence-electron chi connectivity index (χ1n) is 9.38. The minimum atomic E-state index is -3.43. The third kappa shape index (κ3) is 6.59. The Morgan fingerprint density at radius 3 is 2.00 bits per heavy atom. The van der Waals surface area contributed by atoms with Gasteiger partial charge in [-0.3, -0.25) is 13.4 Å². The number of carbonyl (C=O) groups excluding carboxylic acids is 1. The van der Waals surface area contributed by atoms with Crippen LogP contribution in [0.5, 0.6) is 5.75 Å². The maximum Gasteiger partial charge on any atom is 0.265 e.